The van der Waals surface area contributed by atoms with Crippen LogP contribution in [0.2, 0.25) is 0 Å². The second-order valence-electron chi connectivity index (χ2n) is 8.49. The van der Waals surface area contributed by atoms with Crippen molar-refractivity contribution in [3.05, 3.63) is 108 Å². The zero-order valence-corrected chi connectivity index (χ0v) is 19.0. The van der Waals surface area contributed by atoms with E-state index < -0.39 is 0 Å². The van der Waals surface area contributed by atoms with E-state index in [4.69, 9.17) is 0 Å². The molecule has 0 aliphatic carbocycles. The SMILES string of the molecule is Cl.OC[C@@H](c1ccccc1)N1[C@@H](CCc2ccccc2)CC[C@@H]1CCc1ccccc1. The van der Waals surface area contributed by atoms with Gasteiger partial charge in [0.05, 0.1) is 12.6 Å². The minimum atomic E-state index is 0. The monoisotopic (exact) mass is 435 g/mol. The fourth-order valence-corrected chi connectivity index (χ4v) is 5.08. The van der Waals surface area contributed by atoms with Crippen LogP contribution in [0.25, 0.3) is 0 Å². The summed E-state index contributed by atoms with van der Waals surface area (Å²) in [6.45, 7) is 0.174. The highest BCUT2D eigenvalue weighted by Crippen LogP contribution is 2.37. The minimum absolute atomic E-state index is 0. The van der Waals surface area contributed by atoms with Gasteiger partial charge in [0.15, 0.2) is 0 Å². The summed E-state index contributed by atoms with van der Waals surface area (Å²) in [5.41, 5.74) is 4.05. The van der Waals surface area contributed by atoms with Crippen molar-refractivity contribution in [2.75, 3.05) is 6.61 Å². The number of hydrogen-bond donors (Lipinski definition) is 1. The largest absolute Gasteiger partial charge is 0.394 e. The molecule has 2 nitrogen and oxygen atoms in total. The average Bonchev–Trinajstić information content (AvgIpc) is 3.21. The van der Waals surface area contributed by atoms with Gasteiger partial charge in [-0.25, -0.2) is 0 Å². The van der Waals surface area contributed by atoms with Gasteiger partial charge in [0.1, 0.15) is 0 Å². The van der Waals surface area contributed by atoms with Crippen molar-refractivity contribution in [3.8, 4) is 0 Å². The molecule has 1 N–H and O–H groups in total. The molecular weight excluding hydrogens is 402 g/mol. The molecule has 1 heterocycles. The van der Waals surface area contributed by atoms with Crippen LogP contribution in [0.5, 0.6) is 0 Å². The van der Waals surface area contributed by atoms with Crippen molar-refractivity contribution in [1.82, 2.24) is 4.90 Å². The number of halogens is 1. The maximum atomic E-state index is 10.4. The molecule has 3 atom stereocenters. The normalized spacial score (nSPS) is 19.6. The standard InChI is InChI=1S/C28H33NO.ClH/c30-22-28(25-14-8-3-9-15-25)29-26(18-16-23-10-4-1-5-11-23)20-21-27(29)19-17-24-12-6-2-7-13-24;/h1-15,26-28,30H,16-22H2;1H/t26-,27-,28-;/m0./s1. The molecule has 0 amide bonds. The highest BCUT2D eigenvalue weighted by Gasteiger charge is 2.37. The van der Waals surface area contributed by atoms with Gasteiger partial charge in [-0.2, -0.15) is 0 Å². The van der Waals surface area contributed by atoms with Gasteiger partial charge in [-0.3, -0.25) is 4.90 Å². The molecule has 31 heavy (non-hydrogen) atoms. The van der Waals surface area contributed by atoms with Crippen molar-refractivity contribution >= 4 is 12.4 Å². The van der Waals surface area contributed by atoms with Crippen LogP contribution in [-0.2, 0) is 12.8 Å². The number of benzene rings is 3. The second kappa shape index (κ2) is 12.0. The summed E-state index contributed by atoms with van der Waals surface area (Å²) in [4.78, 5) is 2.65. The quantitative estimate of drug-likeness (QED) is 0.430. The Morgan fingerprint density at radius 1 is 0.677 bits per heavy atom. The number of nitrogens with zero attached hydrogens (tertiary/aromatic N) is 1. The van der Waals surface area contributed by atoms with Gasteiger partial charge in [0.2, 0.25) is 0 Å². The first-order chi connectivity index (χ1) is 14.8. The number of hydrogen-bond acceptors (Lipinski definition) is 2. The molecule has 3 aromatic carbocycles. The zero-order chi connectivity index (χ0) is 20.6. The average molecular weight is 436 g/mol. The van der Waals surface area contributed by atoms with Crippen molar-refractivity contribution in [1.29, 1.82) is 0 Å². The lowest BCUT2D eigenvalue weighted by molar-refractivity contribution is 0.0707. The van der Waals surface area contributed by atoms with Crippen LogP contribution in [0.15, 0.2) is 91.0 Å². The molecule has 164 valence electrons. The number of aliphatic hydroxyl groups excluding tert-OH is 1. The van der Waals surface area contributed by atoms with Crippen molar-refractivity contribution < 1.29 is 5.11 Å². The molecule has 4 rings (SSSR count). The Bertz CT molecular complexity index is 820. The molecular formula is C28H34ClNO. The smallest absolute Gasteiger partial charge is 0.0628 e. The number of aliphatic hydroxyl groups is 1. The molecule has 1 aliphatic rings. The predicted molar refractivity (Wildman–Crippen MR) is 132 cm³/mol. The van der Waals surface area contributed by atoms with E-state index in [0.29, 0.717) is 12.1 Å². The van der Waals surface area contributed by atoms with Crippen LogP contribution in [0.1, 0.15) is 48.4 Å². The molecule has 0 unspecified atom stereocenters. The third-order valence-corrected chi connectivity index (χ3v) is 6.61. The molecule has 3 heteroatoms. The van der Waals surface area contributed by atoms with E-state index in [1.165, 1.54) is 29.5 Å². The first kappa shape index (κ1) is 23.5. The Kier molecular flexibility index (Phi) is 9.14. The summed E-state index contributed by atoms with van der Waals surface area (Å²) in [7, 11) is 0. The highest BCUT2D eigenvalue weighted by atomic mass is 35.5. The zero-order valence-electron chi connectivity index (χ0n) is 18.1. The molecule has 0 spiro atoms. The third-order valence-electron chi connectivity index (χ3n) is 6.61. The Morgan fingerprint density at radius 2 is 1.10 bits per heavy atom. The van der Waals surface area contributed by atoms with E-state index in [0.717, 1.165) is 25.7 Å². The lowest BCUT2D eigenvalue weighted by Gasteiger charge is -2.37. The number of rotatable bonds is 9. The van der Waals surface area contributed by atoms with Gasteiger partial charge in [-0.1, -0.05) is 91.0 Å². The Labute approximate surface area is 193 Å². The van der Waals surface area contributed by atoms with Crippen molar-refractivity contribution in [2.45, 2.75) is 56.7 Å². The molecule has 0 aromatic heterocycles. The summed E-state index contributed by atoms with van der Waals surface area (Å²) in [6.07, 6.45) is 6.93. The molecule has 1 fully saturated rings. The third kappa shape index (κ3) is 6.20. The summed E-state index contributed by atoms with van der Waals surface area (Å²) in [5, 5.41) is 10.4. The molecule has 0 saturated carbocycles. The van der Waals surface area contributed by atoms with E-state index in [9.17, 15) is 5.11 Å². The lowest BCUT2D eigenvalue weighted by Crippen LogP contribution is -2.41. The van der Waals surface area contributed by atoms with E-state index in [2.05, 4.69) is 95.9 Å². The number of aryl methyl sites for hydroxylation is 2. The van der Waals surface area contributed by atoms with Gasteiger partial charge in [0, 0.05) is 12.1 Å². The fourth-order valence-electron chi connectivity index (χ4n) is 5.08. The van der Waals surface area contributed by atoms with E-state index in [-0.39, 0.29) is 25.1 Å². The Balaban J connectivity index is 0.00000272. The Morgan fingerprint density at radius 3 is 1.52 bits per heavy atom. The molecule has 0 bridgehead atoms. The molecule has 0 radical (unpaired) electrons. The number of likely N-dealkylation sites (tertiary alicyclic amines) is 1. The first-order valence-electron chi connectivity index (χ1n) is 11.4. The van der Waals surface area contributed by atoms with E-state index in [1.807, 2.05) is 0 Å². The predicted octanol–water partition coefficient (Wildman–Crippen LogP) is 6.24. The fraction of sp³-hybridized carbons (Fsp3) is 0.357. The van der Waals surface area contributed by atoms with E-state index >= 15 is 0 Å². The van der Waals surface area contributed by atoms with Crippen LogP contribution in [0.4, 0.5) is 0 Å². The summed E-state index contributed by atoms with van der Waals surface area (Å²) >= 11 is 0. The van der Waals surface area contributed by atoms with Gasteiger partial charge >= 0.3 is 0 Å². The maximum absolute atomic E-state index is 10.4. The maximum Gasteiger partial charge on any atom is 0.0628 e. The second-order valence-corrected chi connectivity index (χ2v) is 8.49. The van der Waals surface area contributed by atoms with Gasteiger partial charge in [-0.15, -0.1) is 12.4 Å². The molecule has 1 saturated heterocycles. The van der Waals surface area contributed by atoms with Crippen LogP contribution in [0, 0.1) is 0 Å². The van der Waals surface area contributed by atoms with Crippen LogP contribution in [-0.4, -0.2) is 28.7 Å². The van der Waals surface area contributed by atoms with Gasteiger partial charge in [0.25, 0.3) is 0 Å². The van der Waals surface area contributed by atoms with Crippen LogP contribution >= 0.6 is 12.4 Å². The first-order valence-corrected chi connectivity index (χ1v) is 11.4. The van der Waals surface area contributed by atoms with Crippen molar-refractivity contribution in [2.24, 2.45) is 0 Å². The van der Waals surface area contributed by atoms with Gasteiger partial charge in [-0.05, 0) is 55.2 Å². The van der Waals surface area contributed by atoms with Crippen LogP contribution < -0.4 is 0 Å². The molecule has 3 aromatic rings. The van der Waals surface area contributed by atoms with Gasteiger partial charge < -0.3 is 5.11 Å². The van der Waals surface area contributed by atoms with Crippen molar-refractivity contribution in [3.63, 3.8) is 0 Å². The molecule has 1 aliphatic heterocycles. The topological polar surface area (TPSA) is 23.5 Å². The lowest BCUT2D eigenvalue weighted by atomic mass is 9.99. The highest BCUT2D eigenvalue weighted by molar-refractivity contribution is 5.85. The summed E-state index contributed by atoms with van der Waals surface area (Å²) in [5.74, 6) is 0. The van der Waals surface area contributed by atoms with Crippen LogP contribution in [0.3, 0.4) is 0 Å². The Hall–Kier alpha value is -2.13. The summed E-state index contributed by atoms with van der Waals surface area (Å²) in [6, 6.07) is 33.3. The van der Waals surface area contributed by atoms with E-state index in [1.54, 1.807) is 0 Å². The summed E-state index contributed by atoms with van der Waals surface area (Å²) < 4.78 is 0. The minimum Gasteiger partial charge on any atom is -0.394 e.